The molecule has 0 spiro atoms. The highest BCUT2D eigenvalue weighted by molar-refractivity contribution is 5.57. The Bertz CT molecular complexity index is 611. The van der Waals surface area contributed by atoms with Gasteiger partial charge in [-0.2, -0.15) is 5.10 Å². The molecule has 5 nitrogen and oxygen atoms in total. The first-order valence-corrected chi connectivity index (χ1v) is 6.71. The van der Waals surface area contributed by atoms with Crippen LogP contribution in [0, 0.1) is 6.92 Å². The zero-order chi connectivity index (χ0) is 14.3. The molecule has 1 aromatic heterocycles. The van der Waals surface area contributed by atoms with Crippen molar-refractivity contribution in [2.75, 3.05) is 12.4 Å². The second-order valence-electron chi connectivity index (χ2n) is 5.19. The number of anilines is 1. The van der Waals surface area contributed by atoms with Gasteiger partial charge in [0.15, 0.2) is 0 Å². The molecule has 20 heavy (non-hydrogen) atoms. The Morgan fingerprint density at radius 3 is 2.90 bits per heavy atom. The molecule has 0 aliphatic carbocycles. The van der Waals surface area contributed by atoms with Gasteiger partial charge in [-0.1, -0.05) is 18.2 Å². The molecule has 0 radical (unpaired) electrons. The van der Waals surface area contributed by atoms with E-state index in [0.717, 1.165) is 23.4 Å². The second kappa shape index (κ2) is 4.83. The molecule has 0 amide bonds. The summed E-state index contributed by atoms with van der Waals surface area (Å²) in [7, 11) is 3.42. The van der Waals surface area contributed by atoms with Crippen molar-refractivity contribution in [3.8, 4) is 5.88 Å². The molecule has 1 aliphatic heterocycles. The minimum absolute atomic E-state index is 0.0517. The van der Waals surface area contributed by atoms with Crippen molar-refractivity contribution in [2.45, 2.75) is 25.5 Å². The van der Waals surface area contributed by atoms with Gasteiger partial charge in [-0.25, -0.2) is 4.68 Å². The number of para-hydroxylation sites is 1. The van der Waals surface area contributed by atoms with E-state index in [1.54, 1.807) is 11.8 Å². The average molecular weight is 273 g/mol. The Kier molecular flexibility index (Phi) is 3.14. The molecule has 0 saturated carbocycles. The number of benzene rings is 1. The van der Waals surface area contributed by atoms with Gasteiger partial charge < -0.3 is 15.2 Å². The lowest BCUT2D eigenvalue weighted by molar-refractivity contribution is 0.151. The fourth-order valence-electron chi connectivity index (χ4n) is 2.95. The molecule has 1 aromatic carbocycles. The summed E-state index contributed by atoms with van der Waals surface area (Å²) in [4.78, 5) is 0. The van der Waals surface area contributed by atoms with Crippen molar-refractivity contribution in [3.63, 3.8) is 0 Å². The average Bonchev–Trinajstić information content (AvgIpc) is 2.98. The van der Waals surface area contributed by atoms with Crippen molar-refractivity contribution in [2.24, 2.45) is 7.05 Å². The number of aliphatic hydroxyl groups excluding tert-OH is 1. The standard InChI is InChI=1S/C15H19N3O2/c1-9-13(15(20-3)18(2)17-9)14(19)12-8-10-6-4-5-7-11(10)16-12/h4-7,12,14,16,19H,8H2,1-3H3. The smallest absolute Gasteiger partial charge is 0.217 e. The van der Waals surface area contributed by atoms with Crippen molar-refractivity contribution in [3.05, 3.63) is 41.1 Å². The maximum atomic E-state index is 10.7. The molecule has 0 fully saturated rings. The van der Waals surface area contributed by atoms with E-state index < -0.39 is 6.10 Å². The van der Waals surface area contributed by atoms with Crippen molar-refractivity contribution < 1.29 is 9.84 Å². The number of aliphatic hydroxyl groups is 1. The maximum absolute atomic E-state index is 10.7. The molecular weight excluding hydrogens is 254 g/mol. The summed E-state index contributed by atoms with van der Waals surface area (Å²) in [5.41, 5.74) is 3.89. The van der Waals surface area contributed by atoms with Crippen LogP contribution in [0.5, 0.6) is 5.88 Å². The zero-order valence-electron chi connectivity index (χ0n) is 11.9. The van der Waals surface area contributed by atoms with Crippen LogP contribution in [0.2, 0.25) is 0 Å². The van der Waals surface area contributed by atoms with Crippen LogP contribution in [0.15, 0.2) is 24.3 Å². The van der Waals surface area contributed by atoms with Gasteiger partial charge in [0.2, 0.25) is 5.88 Å². The lowest BCUT2D eigenvalue weighted by atomic mass is 9.99. The number of nitrogens with one attached hydrogen (secondary N) is 1. The first-order chi connectivity index (χ1) is 9.61. The first-order valence-electron chi connectivity index (χ1n) is 6.71. The Morgan fingerprint density at radius 1 is 1.45 bits per heavy atom. The summed E-state index contributed by atoms with van der Waals surface area (Å²) in [5.74, 6) is 0.618. The van der Waals surface area contributed by atoms with E-state index in [0.29, 0.717) is 5.88 Å². The van der Waals surface area contributed by atoms with Gasteiger partial charge in [-0.3, -0.25) is 0 Å². The van der Waals surface area contributed by atoms with E-state index in [-0.39, 0.29) is 6.04 Å². The monoisotopic (exact) mass is 273 g/mol. The van der Waals surface area contributed by atoms with Crippen LogP contribution < -0.4 is 10.1 Å². The van der Waals surface area contributed by atoms with Crippen LogP contribution in [0.3, 0.4) is 0 Å². The molecule has 2 unspecified atom stereocenters. The molecule has 0 bridgehead atoms. The number of nitrogens with zero attached hydrogens (tertiary/aromatic N) is 2. The van der Waals surface area contributed by atoms with Crippen LogP contribution in [-0.4, -0.2) is 28.0 Å². The molecule has 5 heteroatoms. The van der Waals surface area contributed by atoms with E-state index >= 15 is 0 Å². The normalized spacial score (nSPS) is 18.5. The highest BCUT2D eigenvalue weighted by atomic mass is 16.5. The predicted octanol–water partition coefficient (Wildman–Crippen LogP) is 1.81. The van der Waals surface area contributed by atoms with Crippen molar-refractivity contribution in [1.29, 1.82) is 0 Å². The van der Waals surface area contributed by atoms with E-state index in [1.165, 1.54) is 5.56 Å². The number of hydrogen-bond acceptors (Lipinski definition) is 4. The number of rotatable bonds is 3. The number of methoxy groups -OCH3 is 1. The third-order valence-corrected chi connectivity index (χ3v) is 3.88. The predicted molar refractivity (Wildman–Crippen MR) is 77.0 cm³/mol. The minimum atomic E-state index is -0.647. The third kappa shape index (κ3) is 1.94. The zero-order valence-corrected chi connectivity index (χ0v) is 11.9. The van der Waals surface area contributed by atoms with E-state index in [9.17, 15) is 5.11 Å². The number of ether oxygens (including phenoxy) is 1. The van der Waals surface area contributed by atoms with Gasteiger partial charge >= 0.3 is 0 Å². The number of hydrogen-bond donors (Lipinski definition) is 2. The summed E-state index contributed by atoms with van der Waals surface area (Å²) >= 11 is 0. The molecule has 1 aliphatic rings. The lowest BCUT2D eigenvalue weighted by Gasteiger charge is -2.19. The van der Waals surface area contributed by atoms with Crippen LogP contribution in [0.4, 0.5) is 5.69 Å². The summed E-state index contributed by atoms with van der Waals surface area (Å²) in [5, 5.41) is 18.4. The topological polar surface area (TPSA) is 59.3 Å². The number of aryl methyl sites for hydroxylation is 2. The molecule has 2 atom stereocenters. The molecule has 2 aromatic rings. The molecule has 106 valence electrons. The summed E-state index contributed by atoms with van der Waals surface area (Å²) in [6, 6.07) is 8.09. The third-order valence-electron chi connectivity index (χ3n) is 3.88. The van der Waals surface area contributed by atoms with Crippen molar-refractivity contribution >= 4 is 5.69 Å². The number of fused-ring (bicyclic) bond motifs is 1. The Hall–Kier alpha value is -2.01. The van der Waals surface area contributed by atoms with E-state index in [4.69, 9.17) is 4.74 Å². The largest absolute Gasteiger partial charge is 0.481 e. The Labute approximate surface area is 118 Å². The van der Waals surface area contributed by atoms with Gasteiger partial charge in [-0.15, -0.1) is 0 Å². The Balaban J connectivity index is 1.90. The van der Waals surface area contributed by atoms with E-state index in [2.05, 4.69) is 16.5 Å². The highest BCUT2D eigenvalue weighted by Crippen LogP contribution is 2.36. The van der Waals surface area contributed by atoms with Crippen molar-refractivity contribution in [1.82, 2.24) is 9.78 Å². The molecule has 0 saturated heterocycles. The maximum Gasteiger partial charge on any atom is 0.217 e. The summed E-state index contributed by atoms with van der Waals surface area (Å²) in [6.07, 6.45) is 0.153. The van der Waals surface area contributed by atoms with Gasteiger partial charge in [0.05, 0.1) is 24.4 Å². The number of aromatic nitrogens is 2. The summed E-state index contributed by atoms with van der Waals surface area (Å²) in [6.45, 7) is 1.89. The van der Waals surface area contributed by atoms with Gasteiger partial charge in [0.25, 0.3) is 0 Å². The fraction of sp³-hybridized carbons (Fsp3) is 0.400. The molecule has 3 rings (SSSR count). The SMILES string of the molecule is COc1c(C(O)C2Cc3ccccc3N2)c(C)nn1C. The van der Waals surface area contributed by atoms with Crippen LogP contribution in [-0.2, 0) is 13.5 Å². The molecule has 2 heterocycles. The molecule has 2 N–H and O–H groups in total. The second-order valence-corrected chi connectivity index (χ2v) is 5.19. The first kappa shape index (κ1) is 13.0. The quantitative estimate of drug-likeness (QED) is 0.895. The van der Waals surface area contributed by atoms with E-state index in [1.807, 2.05) is 32.2 Å². The highest BCUT2D eigenvalue weighted by Gasteiger charge is 2.32. The van der Waals surface area contributed by atoms with Gasteiger partial charge in [0.1, 0.15) is 6.10 Å². The fourth-order valence-corrected chi connectivity index (χ4v) is 2.95. The van der Waals surface area contributed by atoms with Crippen LogP contribution in [0.1, 0.15) is 22.9 Å². The molecular formula is C15H19N3O2. The van der Waals surface area contributed by atoms with Gasteiger partial charge in [0, 0.05) is 12.7 Å². The lowest BCUT2D eigenvalue weighted by Crippen LogP contribution is -2.25. The summed E-state index contributed by atoms with van der Waals surface area (Å²) < 4.78 is 7.03. The minimum Gasteiger partial charge on any atom is -0.481 e. The van der Waals surface area contributed by atoms with Crippen LogP contribution >= 0.6 is 0 Å². The Morgan fingerprint density at radius 2 is 2.20 bits per heavy atom. The van der Waals surface area contributed by atoms with Crippen LogP contribution in [0.25, 0.3) is 0 Å². The van der Waals surface area contributed by atoms with Gasteiger partial charge in [-0.05, 0) is 25.0 Å².